The molecule has 1 heterocycles. The Labute approximate surface area is 114 Å². The van der Waals surface area contributed by atoms with Gasteiger partial charge in [-0.25, -0.2) is 0 Å². The van der Waals surface area contributed by atoms with Crippen molar-refractivity contribution in [3.8, 4) is 0 Å². The van der Waals surface area contributed by atoms with E-state index >= 15 is 0 Å². The van der Waals surface area contributed by atoms with Gasteiger partial charge < -0.3 is 16.0 Å². The predicted molar refractivity (Wildman–Crippen MR) is 78.2 cm³/mol. The molecule has 1 unspecified atom stereocenters. The second-order valence-electron chi connectivity index (χ2n) is 6.31. The van der Waals surface area contributed by atoms with Crippen LogP contribution in [0.15, 0.2) is 0 Å². The maximum atomic E-state index is 5.73. The van der Waals surface area contributed by atoms with Crippen LogP contribution < -0.4 is 16.0 Å². The van der Waals surface area contributed by atoms with Gasteiger partial charge in [-0.05, 0) is 24.7 Å². The molecule has 0 saturated heterocycles. The smallest absolute Gasteiger partial charge is 0.231 e. The minimum Gasteiger partial charge on any atom is -0.368 e. The van der Waals surface area contributed by atoms with E-state index in [1.807, 2.05) is 19.0 Å². The fraction of sp³-hybridized carbons (Fsp3) is 0.769. The molecule has 2 rings (SSSR count). The normalized spacial score (nSPS) is 22.0. The lowest BCUT2D eigenvalue weighted by Crippen LogP contribution is -2.32. The van der Waals surface area contributed by atoms with Crippen molar-refractivity contribution < 1.29 is 0 Å². The van der Waals surface area contributed by atoms with E-state index in [2.05, 4.69) is 34.1 Å². The van der Waals surface area contributed by atoms with Crippen molar-refractivity contribution in [2.75, 3.05) is 30.0 Å². The highest BCUT2D eigenvalue weighted by Crippen LogP contribution is 2.36. The first-order chi connectivity index (χ1) is 8.85. The van der Waals surface area contributed by atoms with Gasteiger partial charge in [0.2, 0.25) is 17.8 Å². The van der Waals surface area contributed by atoms with Crippen LogP contribution in [0, 0.1) is 5.41 Å². The first kappa shape index (κ1) is 13.8. The van der Waals surface area contributed by atoms with E-state index in [-0.39, 0.29) is 5.95 Å². The molecule has 3 N–H and O–H groups in total. The Hall–Kier alpha value is -1.59. The molecule has 0 aromatic carbocycles. The Bertz CT molecular complexity index is 443. The van der Waals surface area contributed by atoms with Crippen LogP contribution in [0.3, 0.4) is 0 Å². The fourth-order valence-electron chi connectivity index (χ4n) is 2.65. The van der Waals surface area contributed by atoms with Gasteiger partial charge in [-0.1, -0.05) is 20.3 Å². The monoisotopic (exact) mass is 264 g/mol. The summed E-state index contributed by atoms with van der Waals surface area (Å²) in [6, 6.07) is 0.417. The average Bonchev–Trinajstić information content (AvgIpc) is 2.26. The maximum absolute atomic E-state index is 5.73. The lowest BCUT2D eigenvalue weighted by molar-refractivity contribution is 0.229. The summed E-state index contributed by atoms with van der Waals surface area (Å²) in [5, 5.41) is 3.40. The van der Waals surface area contributed by atoms with Crippen LogP contribution in [0.4, 0.5) is 17.8 Å². The minimum absolute atomic E-state index is 0.260. The summed E-state index contributed by atoms with van der Waals surface area (Å²) >= 11 is 0. The van der Waals surface area contributed by atoms with E-state index in [0.717, 1.165) is 12.8 Å². The number of anilines is 3. The van der Waals surface area contributed by atoms with Crippen LogP contribution in [-0.2, 0) is 0 Å². The Morgan fingerprint density at radius 1 is 1.26 bits per heavy atom. The topological polar surface area (TPSA) is 80.0 Å². The number of aromatic nitrogens is 3. The van der Waals surface area contributed by atoms with Crippen LogP contribution in [0.25, 0.3) is 0 Å². The summed E-state index contributed by atoms with van der Waals surface area (Å²) in [5.41, 5.74) is 6.11. The van der Waals surface area contributed by atoms with Crippen molar-refractivity contribution in [1.82, 2.24) is 15.0 Å². The van der Waals surface area contributed by atoms with Gasteiger partial charge in [-0.2, -0.15) is 15.0 Å². The third-order valence-corrected chi connectivity index (χ3v) is 3.58. The molecule has 0 amide bonds. The van der Waals surface area contributed by atoms with E-state index in [4.69, 9.17) is 5.73 Å². The Kier molecular flexibility index (Phi) is 3.78. The molecular formula is C13H24N6. The number of nitrogens with two attached hydrogens (primary N) is 1. The molecule has 19 heavy (non-hydrogen) atoms. The molecule has 1 atom stereocenters. The number of hydrogen-bond donors (Lipinski definition) is 2. The highest BCUT2D eigenvalue weighted by Gasteiger charge is 2.28. The van der Waals surface area contributed by atoms with Gasteiger partial charge in [0, 0.05) is 20.1 Å². The second-order valence-corrected chi connectivity index (χ2v) is 6.31. The van der Waals surface area contributed by atoms with E-state index in [1.165, 1.54) is 12.8 Å². The summed E-state index contributed by atoms with van der Waals surface area (Å²) in [7, 11) is 3.78. The van der Waals surface area contributed by atoms with Gasteiger partial charge in [-0.15, -0.1) is 0 Å². The first-order valence-electron chi connectivity index (χ1n) is 6.81. The molecule has 0 radical (unpaired) electrons. The second kappa shape index (κ2) is 5.19. The largest absolute Gasteiger partial charge is 0.368 e. The Morgan fingerprint density at radius 2 is 2.00 bits per heavy atom. The number of hydrogen-bond acceptors (Lipinski definition) is 6. The molecule has 1 aliphatic carbocycles. The molecule has 1 aromatic rings. The van der Waals surface area contributed by atoms with E-state index in [0.29, 0.717) is 23.4 Å². The first-order valence-corrected chi connectivity index (χ1v) is 6.81. The molecule has 0 spiro atoms. The molecule has 0 aliphatic heterocycles. The molecule has 1 fully saturated rings. The molecular weight excluding hydrogens is 240 g/mol. The summed E-state index contributed by atoms with van der Waals surface area (Å²) in [6.45, 7) is 4.63. The molecule has 1 aliphatic rings. The third kappa shape index (κ3) is 3.68. The predicted octanol–water partition coefficient (Wildman–Crippen LogP) is 1.90. The molecule has 6 heteroatoms. The van der Waals surface area contributed by atoms with Crippen LogP contribution in [0.2, 0.25) is 0 Å². The van der Waals surface area contributed by atoms with Crippen LogP contribution in [0.5, 0.6) is 0 Å². The number of nitrogens with one attached hydrogen (secondary N) is 1. The molecule has 1 saturated carbocycles. The third-order valence-electron chi connectivity index (χ3n) is 3.58. The minimum atomic E-state index is 0.260. The number of nitrogens with zero attached hydrogens (tertiary/aromatic N) is 4. The van der Waals surface area contributed by atoms with Crippen molar-refractivity contribution in [3.63, 3.8) is 0 Å². The Balaban J connectivity index is 2.10. The van der Waals surface area contributed by atoms with Gasteiger partial charge >= 0.3 is 0 Å². The van der Waals surface area contributed by atoms with Crippen molar-refractivity contribution in [2.45, 2.75) is 45.6 Å². The van der Waals surface area contributed by atoms with Crippen LogP contribution in [-0.4, -0.2) is 35.1 Å². The van der Waals surface area contributed by atoms with E-state index < -0.39 is 0 Å². The summed E-state index contributed by atoms with van der Waals surface area (Å²) in [4.78, 5) is 14.5. The highest BCUT2D eigenvalue weighted by molar-refractivity contribution is 5.41. The quantitative estimate of drug-likeness (QED) is 0.868. The molecule has 1 aromatic heterocycles. The highest BCUT2D eigenvalue weighted by atomic mass is 15.3. The zero-order valence-corrected chi connectivity index (χ0v) is 12.3. The lowest BCUT2D eigenvalue weighted by Gasteiger charge is -2.35. The van der Waals surface area contributed by atoms with E-state index in [9.17, 15) is 0 Å². The SMILES string of the molecule is CN(C)c1nc(N)nc(NC2CCCC(C)(C)C2)n1. The maximum Gasteiger partial charge on any atom is 0.231 e. The number of nitrogen functional groups attached to an aromatic ring is 1. The van der Waals surface area contributed by atoms with Gasteiger partial charge in [0.05, 0.1) is 0 Å². The zero-order valence-electron chi connectivity index (χ0n) is 12.3. The van der Waals surface area contributed by atoms with Crippen LogP contribution in [0.1, 0.15) is 39.5 Å². The van der Waals surface area contributed by atoms with Crippen molar-refractivity contribution in [3.05, 3.63) is 0 Å². The fourth-order valence-corrected chi connectivity index (χ4v) is 2.65. The molecule has 106 valence electrons. The molecule has 0 bridgehead atoms. The molecule has 6 nitrogen and oxygen atoms in total. The standard InChI is InChI=1S/C13H24N6/c1-13(2)7-5-6-9(8-13)15-11-16-10(14)17-12(18-11)19(3)4/h9H,5-8H2,1-4H3,(H3,14,15,16,17,18). The van der Waals surface area contributed by atoms with Gasteiger partial charge in [0.15, 0.2) is 0 Å². The lowest BCUT2D eigenvalue weighted by atomic mass is 9.75. The summed E-state index contributed by atoms with van der Waals surface area (Å²) in [6.07, 6.45) is 4.82. The van der Waals surface area contributed by atoms with Gasteiger partial charge in [-0.3, -0.25) is 0 Å². The van der Waals surface area contributed by atoms with E-state index in [1.54, 1.807) is 0 Å². The summed E-state index contributed by atoms with van der Waals surface area (Å²) < 4.78 is 0. The van der Waals surface area contributed by atoms with Crippen molar-refractivity contribution in [2.24, 2.45) is 5.41 Å². The van der Waals surface area contributed by atoms with Crippen molar-refractivity contribution in [1.29, 1.82) is 0 Å². The van der Waals surface area contributed by atoms with Crippen molar-refractivity contribution >= 4 is 17.8 Å². The van der Waals surface area contributed by atoms with Gasteiger partial charge in [0.1, 0.15) is 0 Å². The van der Waals surface area contributed by atoms with Crippen LogP contribution >= 0.6 is 0 Å². The summed E-state index contributed by atoms with van der Waals surface area (Å²) in [5.74, 6) is 1.43. The average molecular weight is 264 g/mol. The number of rotatable bonds is 3. The zero-order chi connectivity index (χ0) is 14.0. The van der Waals surface area contributed by atoms with Gasteiger partial charge in [0.25, 0.3) is 0 Å². The Morgan fingerprint density at radius 3 is 2.63 bits per heavy atom.